The average molecular weight is 492 g/mol. The fourth-order valence-electron chi connectivity index (χ4n) is 4.38. The van der Waals surface area contributed by atoms with Crippen LogP contribution in [0.15, 0.2) is 77.8 Å². The summed E-state index contributed by atoms with van der Waals surface area (Å²) in [5.41, 5.74) is 4.17. The lowest BCUT2D eigenvalue weighted by atomic mass is 9.91. The standard InChI is InChI=1S/C27H29N3O4S/c1-30(2)20-10-8-19(9-11-20)23(24-17-28-25-7-4-3-6-22(24)25)18-29-35(31,32)21-12-13-26-27(16-21)34-15-5-14-33-26/h3-4,6-13,16-17,23,28-29H,5,14-15,18H2,1-2H3/t23-/m1/s1. The van der Waals surface area contributed by atoms with Gasteiger partial charge in [-0.3, -0.25) is 0 Å². The van der Waals surface area contributed by atoms with Crippen molar-refractivity contribution < 1.29 is 17.9 Å². The normalized spacial score (nSPS) is 14.5. The molecule has 8 heteroatoms. The molecular weight excluding hydrogens is 462 g/mol. The van der Waals surface area contributed by atoms with Gasteiger partial charge in [0.1, 0.15) is 0 Å². The van der Waals surface area contributed by atoms with Gasteiger partial charge in [-0.2, -0.15) is 0 Å². The molecule has 0 saturated carbocycles. The summed E-state index contributed by atoms with van der Waals surface area (Å²) in [6.07, 6.45) is 2.73. The molecule has 1 aliphatic heterocycles. The van der Waals surface area contributed by atoms with Crippen LogP contribution in [0.5, 0.6) is 11.5 Å². The van der Waals surface area contributed by atoms with Crippen molar-refractivity contribution in [3.05, 3.63) is 84.1 Å². The number of hydrogen-bond acceptors (Lipinski definition) is 5. The minimum Gasteiger partial charge on any atom is -0.490 e. The first kappa shape index (κ1) is 23.3. The van der Waals surface area contributed by atoms with E-state index in [9.17, 15) is 8.42 Å². The Morgan fingerprint density at radius 2 is 1.71 bits per heavy atom. The monoisotopic (exact) mass is 491 g/mol. The highest BCUT2D eigenvalue weighted by Gasteiger charge is 2.23. The predicted molar refractivity (Wildman–Crippen MR) is 138 cm³/mol. The Bertz CT molecular complexity index is 1430. The maximum atomic E-state index is 13.3. The number of H-pyrrole nitrogens is 1. The van der Waals surface area contributed by atoms with Gasteiger partial charge in [0.25, 0.3) is 0 Å². The Hall–Kier alpha value is -3.49. The van der Waals surface area contributed by atoms with Crippen molar-refractivity contribution in [2.24, 2.45) is 0 Å². The maximum absolute atomic E-state index is 13.3. The number of hydrogen-bond donors (Lipinski definition) is 2. The molecule has 0 radical (unpaired) electrons. The second-order valence-corrected chi connectivity index (χ2v) is 10.6. The Balaban J connectivity index is 1.46. The lowest BCUT2D eigenvalue weighted by molar-refractivity contribution is 0.297. The molecule has 0 amide bonds. The zero-order valence-corrected chi connectivity index (χ0v) is 20.6. The molecular formula is C27H29N3O4S. The Morgan fingerprint density at radius 1 is 0.971 bits per heavy atom. The molecule has 5 rings (SSSR count). The largest absolute Gasteiger partial charge is 0.490 e. The van der Waals surface area contributed by atoms with Gasteiger partial charge < -0.3 is 19.4 Å². The van der Waals surface area contributed by atoms with Crippen molar-refractivity contribution in [3.8, 4) is 11.5 Å². The van der Waals surface area contributed by atoms with Crippen LogP contribution < -0.4 is 19.1 Å². The van der Waals surface area contributed by atoms with Gasteiger partial charge in [-0.05, 0) is 41.5 Å². The summed E-state index contributed by atoms with van der Waals surface area (Å²) in [6, 6.07) is 21.0. The molecule has 2 N–H and O–H groups in total. The molecule has 182 valence electrons. The molecule has 0 saturated heterocycles. The van der Waals surface area contributed by atoms with Crippen LogP contribution >= 0.6 is 0 Å². The molecule has 1 aromatic heterocycles. The highest BCUT2D eigenvalue weighted by Crippen LogP contribution is 2.34. The highest BCUT2D eigenvalue weighted by molar-refractivity contribution is 7.89. The molecule has 1 aliphatic rings. The molecule has 2 heterocycles. The van der Waals surface area contributed by atoms with Crippen LogP contribution in [0.4, 0.5) is 5.69 Å². The molecule has 4 aromatic rings. The molecule has 3 aromatic carbocycles. The summed E-state index contributed by atoms with van der Waals surface area (Å²) in [5, 5.41) is 1.07. The van der Waals surface area contributed by atoms with Crippen molar-refractivity contribution in [2.75, 3.05) is 38.8 Å². The molecule has 0 spiro atoms. The number of ether oxygens (including phenoxy) is 2. The third-order valence-corrected chi connectivity index (χ3v) is 7.74. The first-order valence-electron chi connectivity index (χ1n) is 11.6. The smallest absolute Gasteiger partial charge is 0.240 e. The lowest BCUT2D eigenvalue weighted by Crippen LogP contribution is -2.29. The van der Waals surface area contributed by atoms with E-state index in [2.05, 4.69) is 40.0 Å². The number of nitrogens with zero attached hydrogens (tertiary/aromatic N) is 1. The van der Waals surface area contributed by atoms with Crippen LogP contribution in [0.2, 0.25) is 0 Å². The van der Waals surface area contributed by atoms with Gasteiger partial charge in [-0.15, -0.1) is 0 Å². The molecule has 7 nitrogen and oxygen atoms in total. The van der Waals surface area contributed by atoms with E-state index in [4.69, 9.17) is 9.47 Å². The minimum atomic E-state index is -3.78. The SMILES string of the molecule is CN(C)c1ccc([C@@H](CNS(=O)(=O)c2ccc3c(c2)OCCCO3)c2c[nH]c3ccccc23)cc1. The molecule has 0 aliphatic carbocycles. The van der Waals surface area contributed by atoms with Crippen molar-refractivity contribution >= 4 is 26.6 Å². The van der Waals surface area contributed by atoms with Crippen LogP contribution in [0, 0.1) is 0 Å². The number of sulfonamides is 1. The highest BCUT2D eigenvalue weighted by atomic mass is 32.2. The van der Waals surface area contributed by atoms with Gasteiger partial charge in [0.05, 0.1) is 18.1 Å². The first-order valence-corrected chi connectivity index (χ1v) is 13.1. The fourth-order valence-corrected chi connectivity index (χ4v) is 5.44. The fraction of sp³-hybridized carbons (Fsp3) is 0.259. The number of para-hydroxylation sites is 1. The number of rotatable bonds is 7. The Labute approximate surface area is 205 Å². The number of aromatic nitrogens is 1. The van der Waals surface area contributed by atoms with Crippen molar-refractivity contribution in [1.82, 2.24) is 9.71 Å². The Kier molecular flexibility index (Phi) is 6.40. The van der Waals surface area contributed by atoms with Crippen LogP contribution in [-0.4, -0.2) is 47.3 Å². The first-order chi connectivity index (χ1) is 16.9. The third kappa shape index (κ3) is 4.85. The summed E-state index contributed by atoms with van der Waals surface area (Å²) < 4.78 is 40.8. The second-order valence-electron chi connectivity index (χ2n) is 8.84. The van der Waals surface area contributed by atoms with E-state index in [0.29, 0.717) is 24.7 Å². The van der Waals surface area contributed by atoms with E-state index in [1.165, 1.54) is 6.07 Å². The van der Waals surface area contributed by atoms with Crippen LogP contribution in [-0.2, 0) is 10.0 Å². The van der Waals surface area contributed by atoms with E-state index in [1.54, 1.807) is 12.1 Å². The van der Waals surface area contributed by atoms with Crippen molar-refractivity contribution in [2.45, 2.75) is 17.2 Å². The van der Waals surface area contributed by atoms with Gasteiger partial charge >= 0.3 is 0 Å². The maximum Gasteiger partial charge on any atom is 0.240 e. The van der Waals surface area contributed by atoms with Gasteiger partial charge in [-0.1, -0.05) is 30.3 Å². The quantitative estimate of drug-likeness (QED) is 0.398. The molecule has 1 atom stereocenters. The number of fused-ring (bicyclic) bond motifs is 2. The van der Waals surface area contributed by atoms with Gasteiger partial charge in [0.15, 0.2) is 11.5 Å². The minimum absolute atomic E-state index is 0.155. The number of aromatic amines is 1. The lowest BCUT2D eigenvalue weighted by Gasteiger charge is -2.20. The van der Waals surface area contributed by atoms with Gasteiger partial charge in [-0.25, -0.2) is 13.1 Å². The van der Waals surface area contributed by atoms with Crippen molar-refractivity contribution in [1.29, 1.82) is 0 Å². The summed E-state index contributed by atoms with van der Waals surface area (Å²) in [5.74, 6) is 0.842. The van der Waals surface area contributed by atoms with Crippen LogP contribution in [0.1, 0.15) is 23.5 Å². The zero-order chi connectivity index (χ0) is 24.4. The van der Waals surface area contributed by atoms with Gasteiger partial charge in [0, 0.05) is 61.8 Å². The summed E-state index contributed by atoms with van der Waals surface area (Å²) in [6.45, 7) is 1.26. The molecule has 0 fully saturated rings. The van der Waals surface area contributed by atoms with Crippen LogP contribution in [0.25, 0.3) is 10.9 Å². The van der Waals surface area contributed by atoms with Crippen molar-refractivity contribution in [3.63, 3.8) is 0 Å². The summed E-state index contributed by atoms with van der Waals surface area (Å²) in [4.78, 5) is 5.52. The summed E-state index contributed by atoms with van der Waals surface area (Å²) >= 11 is 0. The number of anilines is 1. The van der Waals surface area contributed by atoms with E-state index < -0.39 is 10.0 Å². The van der Waals surface area contributed by atoms with Gasteiger partial charge in [0.2, 0.25) is 10.0 Å². The number of nitrogens with one attached hydrogen (secondary N) is 2. The second kappa shape index (κ2) is 9.64. The molecule has 0 unspecified atom stereocenters. The zero-order valence-electron chi connectivity index (χ0n) is 19.8. The predicted octanol–water partition coefficient (Wildman–Crippen LogP) is 4.51. The van der Waals surface area contributed by atoms with E-state index in [1.807, 2.05) is 43.4 Å². The Morgan fingerprint density at radius 3 is 2.49 bits per heavy atom. The summed E-state index contributed by atoms with van der Waals surface area (Å²) in [7, 11) is 0.213. The average Bonchev–Trinajstić information content (AvgIpc) is 3.14. The topological polar surface area (TPSA) is 83.7 Å². The van der Waals surface area contributed by atoms with E-state index in [0.717, 1.165) is 34.1 Å². The third-order valence-electron chi connectivity index (χ3n) is 6.32. The molecule has 0 bridgehead atoms. The molecule has 35 heavy (non-hydrogen) atoms. The van der Waals surface area contributed by atoms with E-state index in [-0.39, 0.29) is 17.4 Å². The van der Waals surface area contributed by atoms with Crippen LogP contribution in [0.3, 0.4) is 0 Å². The van der Waals surface area contributed by atoms with E-state index >= 15 is 0 Å². The number of benzene rings is 3.